The van der Waals surface area contributed by atoms with Gasteiger partial charge in [-0.25, -0.2) is 0 Å². The number of hydrogen-bond donors (Lipinski definition) is 2. The smallest absolute Gasteiger partial charge is 0.0576 e. The van der Waals surface area contributed by atoms with E-state index in [4.69, 9.17) is 5.73 Å². The van der Waals surface area contributed by atoms with Crippen LogP contribution in [-0.2, 0) is 0 Å². The van der Waals surface area contributed by atoms with Crippen molar-refractivity contribution in [2.24, 2.45) is 5.41 Å². The van der Waals surface area contributed by atoms with E-state index in [1.165, 1.54) is 18.4 Å². The lowest BCUT2D eigenvalue weighted by molar-refractivity contribution is 0.611. The summed E-state index contributed by atoms with van der Waals surface area (Å²) < 4.78 is 0. The molecule has 3 N–H and O–H groups in total. The molecule has 2 heteroatoms. The Kier molecular flexibility index (Phi) is 2.14. The van der Waals surface area contributed by atoms with Crippen LogP contribution in [-0.4, -0.2) is 6.54 Å². The molecule has 0 heterocycles. The number of nitrogen functional groups attached to an aromatic ring is 1. The van der Waals surface area contributed by atoms with Crippen molar-refractivity contribution < 1.29 is 0 Å². The van der Waals surface area contributed by atoms with Crippen LogP contribution in [0.25, 0.3) is 0 Å². The summed E-state index contributed by atoms with van der Waals surface area (Å²) in [6.07, 6.45) is 2.68. The van der Waals surface area contributed by atoms with Crippen LogP contribution < -0.4 is 11.1 Å². The number of anilines is 2. The zero-order valence-electron chi connectivity index (χ0n) is 8.93. The predicted molar refractivity (Wildman–Crippen MR) is 61.4 cm³/mol. The van der Waals surface area contributed by atoms with Gasteiger partial charge in [-0.3, -0.25) is 0 Å². The highest BCUT2D eigenvalue weighted by Gasteiger charge is 2.36. The van der Waals surface area contributed by atoms with Crippen molar-refractivity contribution in [2.45, 2.75) is 26.7 Å². The Bertz CT molecular complexity index is 340. The molecule has 2 rings (SSSR count). The minimum Gasteiger partial charge on any atom is -0.397 e. The van der Waals surface area contributed by atoms with Crippen molar-refractivity contribution in [3.05, 3.63) is 23.8 Å². The minimum atomic E-state index is 0.524. The average Bonchev–Trinajstić information content (AvgIpc) is 2.87. The van der Waals surface area contributed by atoms with Crippen LogP contribution in [0.1, 0.15) is 25.3 Å². The Morgan fingerprint density at radius 1 is 1.43 bits per heavy atom. The van der Waals surface area contributed by atoms with Crippen molar-refractivity contribution in [3.63, 3.8) is 0 Å². The van der Waals surface area contributed by atoms with Crippen molar-refractivity contribution in [2.75, 3.05) is 17.6 Å². The predicted octanol–water partition coefficient (Wildman–Crippen LogP) is 2.79. The molecule has 0 aromatic heterocycles. The number of benzene rings is 1. The van der Waals surface area contributed by atoms with Crippen molar-refractivity contribution in [1.82, 2.24) is 0 Å². The molecule has 1 aromatic carbocycles. The van der Waals surface area contributed by atoms with Gasteiger partial charge in [0.25, 0.3) is 0 Å². The first-order valence-electron chi connectivity index (χ1n) is 5.19. The van der Waals surface area contributed by atoms with E-state index in [0.29, 0.717) is 5.41 Å². The molecule has 0 aliphatic heterocycles. The Morgan fingerprint density at radius 2 is 2.14 bits per heavy atom. The molecule has 0 unspecified atom stereocenters. The van der Waals surface area contributed by atoms with Crippen molar-refractivity contribution >= 4 is 11.4 Å². The number of nitrogens with two attached hydrogens (primary N) is 1. The molecule has 14 heavy (non-hydrogen) atoms. The first-order valence-corrected chi connectivity index (χ1v) is 5.19. The molecule has 76 valence electrons. The van der Waals surface area contributed by atoms with Gasteiger partial charge in [0, 0.05) is 6.54 Å². The summed E-state index contributed by atoms with van der Waals surface area (Å²) in [7, 11) is 0. The number of aryl methyl sites for hydroxylation is 1. The van der Waals surface area contributed by atoms with E-state index in [9.17, 15) is 0 Å². The molecule has 0 amide bonds. The van der Waals surface area contributed by atoms with Crippen LogP contribution >= 0.6 is 0 Å². The van der Waals surface area contributed by atoms with Gasteiger partial charge in [0.2, 0.25) is 0 Å². The average molecular weight is 190 g/mol. The summed E-state index contributed by atoms with van der Waals surface area (Å²) in [5.41, 5.74) is 9.58. The van der Waals surface area contributed by atoms with Crippen LogP contribution in [0.4, 0.5) is 11.4 Å². The molecule has 1 saturated carbocycles. The highest BCUT2D eigenvalue weighted by atomic mass is 14.9. The SMILES string of the molecule is Cc1ccc(N)c(NCC2(C)CC2)c1. The first kappa shape index (κ1) is 9.38. The standard InChI is InChI=1S/C12H18N2/c1-9-3-4-10(13)11(7-9)14-8-12(2)5-6-12/h3-4,7,14H,5-6,8,13H2,1-2H3. The fourth-order valence-electron chi connectivity index (χ4n) is 1.52. The first-order chi connectivity index (χ1) is 6.59. The highest BCUT2D eigenvalue weighted by molar-refractivity contribution is 5.67. The van der Waals surface area contributed by atoms with Gasteiger partial charge in [-0.15, -0.1) is 0 Å². The lowest BCUT2D eigenvalue weighted by Crippen LogP contribution is -2.12. The van der Waals surface area contributed by atoms with Gasteiger partial charge >= 0.3 is 0 Å². The molecule has 1 aliphatic carbocycles. The summed E-state index contributed by atoms with van der Waals surface area (Å²) in [6, 6.07) is 6.12. The summed E-state index contributed by atoms with van der Waals surface area (Å²) >= 11 is 0. The summed E-state index contributed by atoms with van der Waals surface area (Å²) in [6.45, 7) is 5.44. The fraction of sp³-hybridized carbons (Fsp3) is 0.500. The van der Waals surface area contributed by atoms with Gasteiger partial charge in [0.1, 0.15) is 0 Å². The lowest BCUT2D eigenvalue weighted by atomic mass is 10.1. The van der Waals surface area contributed by atoms with Crippen LogP contribution in [0, 0.1) is 12.3 Å². The van der Waals surface area contributed by atoms with Gasteiger partial charge in [-0.1, -0.05) is 13.0 Å². The molecule has 1 aliphatic rings. The fourth-order valence-corrected chi connectivity index (χ4v) is 1.52. The Balaban J connectivity index is 2.04. The number of hydrogen-bond acceptors (Lipinski definition) is 2. The largest absolute Gasteiger partial charge is 0.397 e. The Morgan fingerprint density at radius 3 is 2.79 bits per heavy atom. The molecule has 0 bridgehead atoms. The Hall–Kier alpha value is -1.18. The van der Waals surface area contributed by atoms with Gasteiger partial charge in [0.15, 0.2) is 0 Å². The molecule has 0 atom stereocenters. The topological polar surface area (TPSA) is 38.0 Å². The molecule has 1 aromatic rings. The molecule has 1 fully saturated rings. The monoisotopic (exact) mass is 190 g/mol. The van der Waals surface area contributed by atoms with Crippen LogP contribution in [0.3, 0.4) is 0 Å². The lowest BCUT2D eigenvalue weighted by Gasteiger charge is -2.13. The van der Waals surface area contributed by atoms with Gasteiger partial charge < -0.3 is 11.1 Å². The molecular formula is C12H18N2. The van der Waals surface area contributed by atoms with E-state index >= 15 is 0 Å². The van der Waals surface area contributed by atoms with E-state index in [1.54, 1.807) is 0 Å². The maximum Gasteiger partial charge on any atom is 0.0576 e. The second kappa shape index (κ2) is 3.19. The van der Waals surface area contributed by atoms with Crippen LogP contribution in [0.15, 0.2) is 18.2 Å². The van der Waals surface area contributed by atoms with Crippen molar-refractivity contribution in [3.8, 4) is 0 Å². The minimum absolute atomic E-state index is 0.524. The number of nitrogens with one attached hydrogen (secondary N) is 1. The Labute approximate surface area is 85.5 Å². The third-order valence-corrected chi connectivity index (χ3v) is 3.02. The van der Waals surface area contributed by atoms with E-state index in [-0.39, 0.29) is 0 Å². The van der Waals surface area contributed by atoms with E-state index < -0.39 is 0 Å². The zero-order valence-corrected chi connectivity index (χ0v) is 8.93. The van der Waals surface area contributed by atoms with Gasteiger partial charge in [0.05, 0.1) is 11.4 Å². The third kappa shape index (κ3) is 2.00. The van der Waals surface area contributed by atoms with E-state index in [1.807, 2.05) is 12.1 Å². The molecular weight excluding hydrogens is 172 g/mol. The second-order valence-electron chi connectivity index (χ2n) is 4.75. The highest BCUT2D eigenvalue weighted by Crippen LogP contribution is 2.44. The van der Waals surface area contributed by atoms with Gasteiger partial charge in [-0.05, 0) is 42.9 Å². The normalized spacial score (nSPS) is 17.9. The van der Waals surface area contributed by atoms with Crippen LogP contribution in [0.5, 0.6) is 0 Å². The molecule has 0 spiro atoms. The van der Waals surface area contributed by atoms with Gasteiger partial charge in [-0.2, -0.15) is 0 Å². The summed E-state index contributed by atoms with van der Waals surface area (Å²) in [5, 5.41) is 3.43. The van der Waals surface area contributed by atoms with E-state index in [0.717, 1.165) is 17.9 Å². The summed E-state index contributed by atoms with van der Waals surface area (Å²) in [4.78, 5) is 0. The molecule has 0 saturated heterocycles. The summed E-state index contributed by atoms with van der Waals surface area (Å²) in [5.74, 6) is 0. The van der Waals surface area contributed by atoms with E-state index in [2.05, 4.69) is 25.2 Å². The number of rotatable bonds is 3. The van der Waals surface area contributed by atoms with Crippen molar-refractivity contribution in [1.29, 1.82) is 0 Å². The zero-order chi connectivity index (χ0) is 10.2. The molecule has 0 radical (unpaired) electrons. The quantitative estimate of drug-likeness (QED) is 0.719. The third-order valence-electron chi connectivity index (χ3n) is 3.02. The van der Waals surface area contributed by atoms with Crippen LogP contribution in [0.2, 0.25) is 0 Å². The maximum absolute atomic E-state index is 5.88. The maximum atomic E-state index is 5.88. The second-order valence-corrected chi connectivity index (χ2v) is 4.75. The molecule has 2 nitrogen and oxygen atoms in total.